The highest BCUT2D eigenvalue weighted by Crippen LogP contribution is 2.31. The zero-order chi connectivity index (χ0) is 12.8. The number of rotatable bonds is 1. The quantitative estimate of drug-likeness (QED) is 0.523. The average Bonchev–Trinajstić information content (AvgIpc) is 3.02. The summed E-state index contributed by atoms with van der Waals surface area (Å²) in [7, 11) is 0. The standard InChI is InChI=1S/C14H8ClN3S/c15-9-4-3-7-18-11(8-16-13(9)18)14-17-10-5-1-2-6-12(10)19-14/h1-8H. The molecule has 3 aromatic heterocycles. The van der Waals surface area contributed by atoms with Crippen molar-refractivity contribution in [1.82, 2.24) is 14.4 Å². The minimum atomic E-state index is 0.648. The molecular weight excluding hydrogens is 278 g/mol. The van der Waals surface area contributed by atoms with Crippen LogP contribution < -0.4 is 0 Å². The monoisotopic (exact) mass is 285 g/mol. The number of imidazole rings is 1. The van der Waals surface area contributed by atoms with Crippen LogP contribution in [0, 0.1) is 0 Å². The van der Waals surface area contributed by atoms with Gasteiger partial charge in [0.15, 0.2) is 5.65 Å². The molecule has 0 unspecified atom stereocenters. The van der Waals surface area contributed by atoms with E-state index in [4.69, 9.17) is 11.6 Å². The highest BCUT2D eigenvalue weighted by molar-refractivity contribution is 7.21. The zero-order valence-corrected chi connectivity index (χ0v) is 11.3. The van der Waals surface area contributed by atoms with Crippen LogP contribution in [0.3, 0.4) is 0 Å². The summed E-state index contributed by atoms with van der Waals surface area (Å²) >= 11 is 7.80. The maximum atomic E-state index is 6.14. The molecule has 3 heterocycles. The van der Waals surface area contributed by atoms with E-state index in [0.29, 0.717) is 5.02 Å². The molecule has 0 radical (unpaired) electrons. The smallest absolute Gasteiger partial charge is 0.156 e. The van der Waals surface area contributed by atoms with Gasteiger partial charge in [-0.2, -0.15) is 0 Å². The van der Waals surface area contributed by atoms with E-state index in [0.717, 1.165) is 21.9 Å². The third-order valence-corrected chi connectivity index (χ3v) is 4.36. The summed E-state index contributed by atoms with van der Waals surface area (Å²) in [6, 6.07) is 11.9. The van der Waals surface area contributed by atoms with Crippen LogP contribution in [-0.4, -0.2) is 14.4 Å². The fraction of sp³-hybridized carbons (Fsp3) is 0. The molecule has 0 spiro atoms. The van der Waals surface area contributed by atoms with E-state index in [2.05, 4.69) is 16.0 Å². The second kappa shape index (κ2) is 4.05. The van der Waals surface area contributed by atoms with Gasteiger partial charge in [-0.15, -0.1) is 11.3 Å². The van der Waals surface area contributed by atoms with E-state index in [9.17, 15) is 0 Å². The summed E-state index contributed by atoms with van der Waals surface area (Å²) in [6.07, 6.45) is 3.77. The third-order valence-electron chi connectivity index (χ3n) is 3.00. The number of halogens is 1. The van der Waals surface area contributed by atoms with E-state index in [1.165, 1.54) is 4.70 Å². The minimum Gasteiger partial charge on any atom is -0.296 e. The van der Waals surface area contributed by atoms with Crippen molar-refractivity contribution in [3.05, 3.63) is 53.8 Å². The van der Waals surface area contributed by atoms with Crippen molar-refractivity contribution in [2.45, 2.75) is 0 Å². The van der Waals surface area contributed by atoms with Crippen molar-refractivity contribution >= 4 is 38.8 Å². The molecule has 1 aromatic carbocycles. The summed E-state index contributed by atoms with van der Waals surface area (Å²) in [5, 5.41) is 1.60. The van der Waals surface area contributed by atoms with Gasteiger partial charge in [-0.05, 0) is 24.3 Å². The van der Waals surface area contributed by atoms with Crippen LogP contribution in [0.15, 0.2) is 48.8 Å². The van der Waals surface area contributed by atoms with Gasteiger partial charge in [0.25, 0.3) is 0 Å². The zero-order valence-electron chi connectivity index (χ0n) is 9.75. The molecule has 3 nitrogen and oxygen atoms in total. The van der Waals surface area contributed by atoms with Crippen molar-refractivity contribution in [1.29, 1.82) is 0 Å². The molecule has 0 aliphatic rings. The molecule has 0 aliphatic heterocycles. The Balaban J connectivity index is 2.01. The number of fused-ring (bicyclic) bond motifs is 2. The van der Waals surface area contributed by atoms with E-state index in [1.807, 2.05) is 47.1 Å². The first-order valence-electron chi connectivity index (χ1n) is 5.80. The molecule has 0 aliphatic carbocycles. The van der Waals surface area contributed by atoms with Crippen molar-refractivity contribution < 1.29 is 0 Å². The molecule has 0 saturated heterocycles. The summed E-state index contributed by atoms with van der Waals surface area (Å²) in [5.41, 5.74) is 2.75. The Morgan fingerprint density at radius 1 is 1.11 bits per heavy atom. The fourth-order valence-corrected chi connectivity index (χ4v) is 3.30. The van der Waals surface area contributed by atoms with Crippen molar-refractivity contribution in [2.75, 3.05) is 0 Å². The molecule has 0 fully saturated rings. The van der Waals surface area contributed by atoms with Gasteiger partial charge in [-0.3, -0.25) is 4.40 Å². The SMILES string of the molecule is Clc1cccn2c(-c3nc4ccccc4s3)cnc12. The van der Waals surface area contributed by atoms with Gasteiger partial charge in [0.1, 0.15) is 10.7 Å². The molecule has 92 valence electrons. The van der Waals surface area contributed by atoms with Crippen molar-refractivity contribution in [3.63, 3.8) is 0 Å². The Morgan fingerprint density at radius 2 is 2.00 bits per heavy atom. The Bertz CT molecular complexity index is 861. The number of para-hydroxylation sites is 1. The predicted molar refractivity (Wildman–Crippen MR) is 78.8 cm³/mol. The molecule has 0 N–H and O–H groups in total. The summed E-state index contributed by atoms with van der Waals surface area (Å²) < 4.78 is 3.15. The summed E-state index contributed by atoms with van der Waals surface area (Å²) in [4.78, 5) is 9.01. The highest BCUT2D eigenvalue weighted by Gasteiger charge is 2.12. The maximum Gasteiger partial charge on any atom is 0.156 e. The summed E-state index contributed by atoms with van der Waals surface area (Å²) in [6.45, 7) is 0. The lowest BCUT2D eigenvalue weighted by Gasteiger charge is -1.98. The van der Waals surface area contributed by atoms with E-state index >= 15 is 0 Å². The largest absolute Gasteiger partial charge is 0.296 e. The van der Waals surface area contributed by atoms with Gasteiger partial charge in [0.05, 0.1) is 21.4 Å². The second-order valence-corrected chi connectivity index (χ2v) is 5.62. The highest BCUT2D eigenvalue weighted by atomic mass is 35.5. The van der Waals surface area contributed by atoms with Crippen LogP contribution in [0.1, 0.15) is 0 Å². The predicted octanol–water partition coefficient (Wildman–Crippen LogP) is 4.26. The van der Waals surface area contributed by atoms with Crippen LogP contribution in [-0.2, 0) is 0 Å². The maximum absolute atomic E-state index is 6.14. The normalized spacial score (nSPS) is 11.4. The number of benzene rings is 1. The molecule has 0 saturated carbocycles. The fourth-order valence-electron chi connectivity index (χ4n) is 2.12. The number of nitrogens with zero attached hydrogens (tertiary/aromatic N) is 3. The molecule has 4 rings (SSSR count). The number of pyridine rings is 1. The van der Waals surface area contributed by atoms with Crippen LogP contribution >= 0.6 is 22.9 Å². The lowest BCUT2D eigenvalue weighted by atomic mass is 10.3. The molecule has 0 atom stereocenters. The van der Waals surface area contributed by atoms with Gasteiger partial charge >= 0.3 is 0 Å². The van der Waals surface area contributed by atoms with Crippen LogP contribution in [0.5, 0.6) is 0 Å². The second-order valence-electron chi connectivity index (χ2n) is 4.18. The molecule has 4 aromatic rings. The first-order chi connectivity index (χ1) is 9.33. The summed E-state index contributed by atoms with van der Waals surface area (Å²) in [5.74, 6) is 0. The van der Waals surface area contributed by atoms with E-state index in [1.54, 1.807) is 11.3 Å². The van der Waals surface area contributed by atoms with Gasteiger partial charge in [0, 0.05) is 6.20 Å². The topological polar surface area (TPSA) is 30.2 Å². The van der Waals surface area contributed by atoms with Crippen molar-refractivity contribution in [3.8, 4) is 10.7 Å². The number of thiazole rings is 1. The van der Waals surface area contributed by atoms with Gasteiger partial charge in [0.2, 0.25) is 0 Å². The first-order valence-corrected chi connectivity index (χ1v) is 7.00. The number of hydrogen-bond acceptors (Lipinski definition) is 3. The molecular formula is C14H8ClN3S. The van der Waals surface area contributed by atoms with Crippen molar-refractivity contribution in [2.24, 2.45) is 0 Å². The molecule has 5 heteroatoms. The molecule has 19 heavy (non-hydrogen) atoms. The number of hydrogen-bond donors (Lipinski definition) is 0. The van der Waals surface area contributed by atoms with Crippen LogP contribution in [0.25, 0.3) is 26.6 Å². The lowest BCUT2D eigenvalue weighted by molar-refractivity contribution is 1.18. The molecule has 0 amide bonds. The number of aromatic nitrogens is 3. The van der Waals surface area contributed by atoms with Gasteiger partial charge in [-0.25, -0.2) is 9.97 Å². The average molecular weight is 286 g/mol. The van der Waals surface area contributed by atoms with Crippen LogP contribution in [0.2, 0.25) is 5.02 Å². The molecule has 0 bridgehead atoms. The van der Waals surface area contributed by atoms with E-state index in [-0.39, 0.29) is 0 Å². The third kappa shape index (κ3) is 1.64. The van der Waals surface area contributed by atoms with Crippen LogP contribution in [0.4, 0.5) is 0 Å². The Morgan fingerprint density at radius 3 is 2.89 bits per heavy atom. The van der Waals surface area contributed by atoms with E-state index < -0.39 is 0 Å². The Kier molecular flexibility index (Phi) is 2.33. The van der Waals surface area contributed by atoms with Gasteiger partial charge < -0.3 is 0 Å². The van der Waals surface area contributed by atoms with Gasteiger partial charge in [-0.1, -0.05) is 23.7 Å². The Hall–Kier alpha value is -1.91. The lowest BCUT2D eigenvalue weighted by Crippen LogP contribution is -1.87. The minimum absolute atomic E-state index is 0.648. The first kappa shape index (κ1) is 11.0. The Labute approximate surface area is 118 Å².